The lowest BCUT2D eigenvalue weighted by atomic mass is 10.2. The molecule has 0 bridgehead atoms. The maximum Gasteiger partial charge on any atom is 0.261 e. The van der Waals surface area contributed by atoms with Crippen molar-refractivity contribution in [1.82, 2.24) is 5.32 Å². The molecule has 2 aromatic rings. The van der Waals surface area contributed by atoms with E-state index in [4.69, 9.17) is 9.47 Å². The molecule has 2 amide bonds. The van der Waals surface area contributed by atoms with Crippen LogP contribution in [0.1, 0.15) is 15.9 Å². The van der Waals surface area contributed by atoms with Crippen molar-refractivity contribution in [2.24, 2.45) is 0 Å². The fraction of sp³-hybridized carbons (Fsp3) is 0.111. The third-order valence-corrected chi connectivity index (χ3v) is 3.13. The Bertz CT molecular complexity index is 720. The molecule has 0 aromatic heterocycles. The number of rotatable bonds is 5. The van der Waals surface area contributed by atoms with Crippen LogP contribution in [0, 0.1) is 0 Å². The first-order valence-corrected chi connectivity index (χ1v) is 6.94. The van der Waals surface area contributed by atoms with Crippen LogP contribution in [0.15, 0.2) is 54.6 Å². The van der Waals surface area contributed by atoms with Gasteiger partial charge in [-0.2, -0.15) is 0 Å². The minimum Gasteiger partial charge on any atom is -0.497 e. The number of nitrogens with one attached hydrogen (secondary N) is 1. The number of ether oxygens (including phenoxy) is 2. The second-order valence-corrected chi connectivity index (χ2v) is 4.63. The number of carbonyl (C=O) groups excluding carboxylic acids is 2. The quantitative estimate of drug-likeness (QED) is 0.862. The Kier molecular flexibility index (Phi) is 5.52. The van der Waals surface area contributed by atoms with E-state index in [0.29, 0.717) is 11.3 Å². The zero-order chi connectivity index (χ0) is 16.7. The van der Waals surface area contributed by atoms with Gasteiger partial charge in [0.25, 0.3) is 11.8 Å². The highest BCUT2D eigenvalue weighted by Gasteiger charge is 2.12. The van der Waals surface area contributed by atoms with Crippen molar-refractivity contribution >= 4 is 17.9 Å². The van der Waals surface area contributed by atoms with Gasteiger partial charge in [0.05, 0.1) is 19.8 Å². The van der Waals surface area contributed by atoms with Gasteiger partial charge in [0.1, 0.15) is 11.5 Å². The van der Waals surface area contributed by atoms with Crippen LogP contribution in [-0.4, -0.2) is 26.0 Å². The molecular formula is C18H17NO4. The molecule has 2 rings (SSSR count). The lowest BCUT2D eigenvalue weighted by Crippen LogP contribution is -2.29. The minimum absolute atomic E-state index is 0.307. The number of hydrogen-bond acceptors (Lipinski definition) is 4. The van der Waals surface area contributed by atoms with Gasteiger partial charge in [0, 0.05) is 6.08 Å². The van der Waals surface area contributed by atoms with Crippen LogP contribution in [0.3, 0.4) is 0 Å². The summed E-state index contributed by atoms with van der Waals surface area (Å²) in [5.74, 6) is 0.137. The van der Waals surface area contributed by atoms with E-state index in [-0.39, 0.29) is 0 Å². The second kappa shape index (κ2) is 7.79. The average molecular weight is 311 g/mol. The molecule has 0 heterocycles. The Balaban J connectivity index is 2.00. The molecule has 23 heavy (non-hydrogen) atoms. The Morgan fingerprint density at radius 2 is 1.65 bits per heavy atom. The summed E-state index contributed by atoms with van der Waals surface area (Å²) < 4.78 is 10.2. The van der Waals surface area contributed by atoms with Crippen molar-refractivity contribution in [2.75, 3.05) is 14.2 Å². The largest absolute Gasteiger partial charge is 0.497 e. The summed E-state index contributed by atoms with van der Waals surface area (Å²) in [6.07, 6.45) is 2.92. The van der Waals surface area contributed by atoms with Crippen LogP contribution >= 0.6 is 0 Å². The van der Waals surface area contributed by atoms with Crippen LogP contribution in [0.4, 0.5) is 0 Å². The van der Waals surface area contributed by atoms with E-state index in [9.17, 15) is 9.59 Å². The van der Waals surface area contributed by atoms with Crippen molar-refractivity contribution in [3.63, 3.8) is 0 Å². The highest BCUT2D eigenvalue weighted by atomic mass is 16.5. The maximum atomic E-state index is 12.1. The molecule has 2 aromatic carbocycles. The highest BCUT2D eigenvalue weighted by Crippen LogP contribution is 2.17. The monoisotopic (exact) mass is 311 g/mol. The van der Waals surface area contributed by atoms with Crippen LogP contribution in [0.2, 0.25) is 0 Å². The van der Waals surface area contributed by atoms with Gasteiger partial charge >= 0.3 is 0 Å². The Morgan fingerprint density at radius 1 is 0.957 bits per heavy atom. The Labute approximate surface area is 134 Å². The van der Waals surface area contributed by atoms with E-state index in [0.717, 1.165) is 11.3 Å². The smallest absolute Gasteiger partial charge is 0.261 e. The molecule has 0 saturated carbocycles. The van der Waals surface area contributed by atoms with Gasteiger partial charge < -0.3 is 9.47 Å². The van der Waals surface area contributed by atoms with Gasteiger partial charge in [-0.25, -0.2) is 0 Å². The van der Waals surface area contributed by atoms with E-state index >= 15 is 0 Å². The first-order chi connectivity index (χ1) is 11.1. The van der Waals surface area contributed by atoms with Gasteiger partial charge in [-0.3, -0.25) is 14.9 Å². The van der Waals surface area contributed by atoms with Gasteiger partial charge in [-0.05, 0) is 35.9 Å². The van der Waals surface area contributed by atoms with E-state index in [1.807, 2.05) is 12.1 Å². The standard InChI is InChI=1S/C18H17NO4/c1-22-14-10-7-13(8-11-14)9-12-17(20)19-18(21)15-5-3-4-6-16(15)23-2/h3-12H,1-2H3,(H,19,20,21)/b12-9+. The summed E-state index contributed by atoms with van der Waals surface area (Å²) in [6, 6.07) is 13.9. The van der Waals surface area contributed by atoms with Crippen molar-refractivity contribution in [3.8, 4) is 11.5 Å². The summed E-state index contributed by atoms with van der Waals surface area (Å²) in [7, 11) is 3.05. The van der Waals surface area contributed by atoms with Crippen LogP contribution in [-0.2, 0) is 4.79 Å². The average Bonchev–Trinajstić information content (AvgIpc) is 2.60. The molecular weight excluding hydrogens is 294 g/mol. The molecule has 1 N–H and O–H groups in total. The maximum absolute atomic E-state index is 12.1. The van der Waals surface area contributed by atoms with Gasteiger partial charge in [-0.1, -0.05) is 24.3 Å². The number of benzene rings is 2. The molecule has 0 aliphatic carbocycles. The summed E-state index contributed by atoms with van der Waals surface area (Å²) in [4.78, 5) is 23.9. The van der Waals surface area contributed by atoms with Crippen LogP contribution in [0.5, 0.6) is 11.5 Å². The molecule has 0 aliphatic rings. The highest BCUT2D eigenvalue weighted by molar-refractivity contribution is 6.10. The van der Waals surface area contributed by atoms with E-state index < -0.39 is 11.8 Å². The SMILES string of the molecule is COc1ccc(/C=C/C(=O)NC(=O)c2ccccc2OC)cc1. The zero-order valence-electron chi connectivity index (χ0n) is 12.9. The summed E-state index contributed by atoms with van der Waals surface area (Å²) in [5, 5.41) is 2.29. The third-order valence-electron chi connectivity index (χ3n) is 3.13. The molecule has 0 unspecified atom stereocenters. The molecule has 0 fully saturated rings. The van der Waals surface area contributed by atoms with Gasteiger partial charge in [0.15, 0.2) is 0 Å². The molecule has 0 spiro atoms. The summed E-state index contributed by atoms with van der Waals surface area (Å²) >= 11 is 0. The molecule has 5 nitrogen and oxygen atoms in total. The van der Waals surface area contributed by atoms with Gasteiger partial charge in [0.2, 0.25) is 0 Å². The zero-order valence-corrected chi connectivity index (χ0v) is 12.9. The summed E-state index contributed by atoms with van der Waals surface area (Å²) in [5.41, 5.74) is 1.13. The first-order valence-electron chi connectivity index (χ1n) is 6.94. The van der Waals surface area contributed by atoms with Crippen molar-refractivity contribution < 1.29 is 19.1 Å². The predicted octanol–water partition coefficient (Wildman–Crippen LogP) is 2.67. The van der Waals surface area contributed by atoms with Gasteiger partial charge in [-0.15, -0.1) is 0 Å². The van der Waals surface area contributed by atoms with Crippen molar-refractivity contribution in [2.45, 2.75) is 0 Å². The Morgan fingerprint density at radius 3 is 2.30 bits per heavy atom. The molecule has 5 heteroatoms. The number of carbonyl (C=O) groups is 2. The van der Waals surface area contributed by atoms with Crippen molar-refractivity contribution in [3.05, 3.63) is 65.7 Å². The van der Waals surface area contributed by atoms with Crippen molar-refractivity contribution in [1.29, 1.82) is 0 Å². The number of methoxy groups -OCH3 is 2. The normalized spacial score (nSPS) is 10.3. The van der Waals surface area contributed by atoms with Crippen LogP contribution in [0.25, 0.3) is 6.08 Å². The number of imide groups is 1. The lowest BCUT2D eigenvalue weighted by Gasteiger charge is -2.06. The number of para-hydroxylation sites is 1. The van der Waals surface area contributed by atoms with E-state index in [1.165, 1.54) is 13.2 Å². The Hall–Kier alpha value is -3.08. The fourth-order valence-electron chi connectivity index (χ4n) is 1.94. The van der Waals surface area contributed by atoms with E-state index in [2.05, 4.69) is 5.32 Å². The van der Waals surface area contributed by atoms with E-state index in [1.54, 1.807) is 49.6 Å². The second-order valence-electron chi connectivity index (χ2n) is 4.63. The number of hydrogen-bond donors (Lipinski definition) is 1. The lowest BCUT2D eigenvalue weighted by molar-refractivity contribution is -0.115. The molecule has 0 atom stereocenters. The molecule has 118 valence electrons. The third kappa shape index (κ3) is 4.44. The van der Waals surface area contributed by atoms with Crippen LogP contribution < -0.4 is 14.8 Å². The topological polar surface area (TPSA) is 64.6 Å². The molecule has 0 aliphatic heterocycles. The minimum atomic E-state index is -0.508. The first kappa shape index (κ1) is 16.3. The summed E-state index contributed by atoms with van der Waals surface area (Å²) in [6.45, 7) is 0. The number of amides is 2. The molecule has 0 saturated heterocycles. The predicted molar refractivity (Wildman–Crippen MR) is 87.5 cm³/mol. The fourth-order valence-corrected chi connectivity index (χ4v) is 1.94. The molecule has 0 radical (unpaired) electrons.